The molecule has 0 spiro atoms. The molecule has 0 heterocycles. The Balaban J connectivity index is 1.27. The van der Waals surface area contributed by atoms with Gasteiger partial charge in [-0.3, -0.25) is 0 Å². The first-order valence-electron chi connectivity index (χ1n) is 23.8. The summed E-state index contributed by atoms with van der Waals surface area (Å²) >= 11 is 0. The summed E-state index contributed by atoms with van der Waals surface area (Å²) in [6.45, 7) is 19.8. The van der Waals surface area contributed by atoms with E-state index in [0.29, 0.717) is 0 Å². The van der Waals surface area contributed by atoms with Crippen LogP contribution in [0, 0.1) is 23.7 Å². The molecule has 2 heteroatoms. The molecule has 0 atom stereocenters. The summed E-state index contributed by atoms with van der Waals surface area (Å²) in [6.07, 6.45) is 9.51. The fraction of sp³-hybridized carbons (Fsp3) is 0.323. The molecule has 9 rings (SSSR count). The van der Waals surface area contributed by atoms with Gasteiger partial charge in [0.15, 0.2) is 0 Å². The summed E-state index contributed by atoms with van der Waals surface area (Å²) in [5, 5.41) is 14.9. The van der Waals surface area contributed by atoms with Crippen LogP contribution in [0.4, 0.5) is 0 Å². The van der Waals surface area contributed by atoms with Crippen LogP contribution in [0.25, 0.3) is 64.6 Å². The summed E-state index contributed by atoms with van der Waals surface area (Å²) in [6, 6.07) is 40.3. The molecule has 0 aliphatic heterocycles. The summed E-state index contributed by atoms with van der Waals surface area (Å²) < 4.78 is 12.2. The SMILES string of the molecule is CCCCCCOc1ccc(C#Cc2cc3cc(C(C)(C)C)cc4cc(C#Cc5ccc(OCCCCCC)cc5)c5c6ccc7cc(C(C)(C)C)cc8ccc(c2c5c34)c6c87)cc1. The number of benzene rings is 9. The van der Waals surface area contributed by atoms with Gasteiger partial charge in [-0.15, -0.1) is 0 Å². The molecule has 0 amide bonds. The monoisotopic (exact) mass is 838 g/mol. The standard InChI is InChI=1S/C62H62O2/c1-9-11-13-15-33-63-51-27-19-41(20-28-51)17-23-43-35-47-39-50(62(6,7)8)40-48-36-44(24-18-42-21-29-52(30-22-42)64-34-16-14-12-10-2)58-54-32-26-46-38-49(61(3,4)5)37-45-25-31-53(59(54)55(45)46)57(43)60(58)56(47)48/h19-22,25-32,35-40H,9-16,33-34H2,1-8H3. The number of unbranched alkanes of at least 4 members (excludes halogenated alkanes) is 6. The third-order valence-electron chi connectivity index (χ3n) is 13.1. The smallest absolute Gasteiger partial charge is 0.119 e. The van der Waals surface area contributed by atoms with Crippen molar-refractivity contribution in [1.29, 1.82) is 0 Å². The molecule has 0 N–H and O–H groups in total. The van der Waals surface area contributed by atoms with E-state index < -0.39 is 0 Å². The molecule has 9 aromatic carbocycles. The minimum Gasteiger partial charge on any atom is -0.494 e. The lowest BCUT2D eigenvalue weighted by Crippen LogP contribution is -2.11. The molecule has 0 saturated carbocycles. The maximum Gasteiger partial charge on any atom is 0.119 e. The normalized spacial score (nSPS) is 12.1. The largest absolute Gasteiger partial charge is 0.494 e. The lowest BCUT2D eigenvalue weighted by atomic mass is 9.78. The van der Waals surface area contributed by atoms with Crippen molar-refractivity contribution in [2.75, 3.05) is 13.2 Å². The first-order valence-corrected chi connectivity index (χ1v) is 23.8. The Labute approximate surface area is 381 Å². The lowest BCUT2D eigenvalue weighted by molar-refractivity contribution is 0.305. The van der Waals surface area contributed by atoms with E-state index in [-0.39, 0.29) is 10.8 Å². The number of ether oxygens (including phenoxy) is 2. The number of rotatable bonds is 12. The van der Waals surface area contributed by atoms with Crippen LogP contribution in [0.5, 0.6) is 11.5 Å². The molecule has 9 aromatic rings. The molecule has 0 saturated heterocycles. The Morgan fingerprint density at radius 2 is 0.781 bits per heavy atom. The third kappa shape index (κ3) is 8.57. The van der Waals surface area contributed by atoms with Crippen LogP contribution in [0.2, 0.25) is 0 Å². The maximum atomic E-state index is 6.09. The highest BCUT2D eigenvalue weighted by Gasteiger charge is 2.25. The van der Waals surface area contributed by atoms with Crippen LogP contribution in [-0.2, 0) is 10.8 Å². The van der Waals surface area contributed by atoms with Gasteiger partial charge in [-0.25, -0.2) is 0 Å². The van der Waals surface area contributed by atoms with Gasteiger partial charge in [0.2, 0.25) is 0 Å². The van der Waals surface area contributed by atoms with Crippen LogP contribution >= 0.6 is 0 Å². The highest BCUT2D eigenvalue weighted by atomic mass is 16.5. The molecule has 0 aromatic heterocycles. The van der Waals surface area contributed by atoms with Crippen molar-refractivity contribution in [3.8, 4) is 35.2 Å². The van der Waals surface area contributed by atoms with Crippen LogP contribution < -0.4 is 9.47 Å². The average molecular weight is 839 g/mol. The van der Waals surface area contributed by atoms with E-state index in [1.807, 2.05) is 0 Å². The second-order valence-corrected chi connectivity index (χ2v) is 20.0. The van der Waals surface area contributed by atoms with E-state index in [9.17, 15) is 0 Å². The van der Waals surface area contributed by atoms with Crippen LogP contribution in [-0.4, -0.2) is 13.2 Å². The van der Waals surface area contributed by atoms with E-state index in [2.05, 4.69) is 188 Å². The van der Waals surface area contributed by atoms with Gasteiger partial charge in [0.05, 0.1) is 13.2 Å². The summed E-state index contributed by atoms with van der Waals surface area (Å²) in [7, 11) is 0. The minimum absolute atomic E-state index is 0.0244. The first kappa shape index (κ1) is 43.1. The van der Waals surface area contributed by atoms with Crippen LogP contribution in [0.15, 0.2) is 109 Å². The molecule has 0 bridgehead atoms. The maximum absolute atomic E-state index is 6.09. The molecule has 2 nitrogen and oxygen atoms in total. The Kier molecular flexibility index (Phi) is 11.9. The van der Waals surface area contributed by atoms with Crippen molar-refractivity contribution in [1.82, 2.24) is 0 Å². The second kappa shape index (κ2) is 17.7. The number of fused-ring (bicyclic) bond motifs is 2. The van der Waals surface area contributed by atoms with Gasteiger partial charge in [-0.1, -0.05) is 166 Å². The van der Waals surface area contributed by atoms with Gasteiger partial charge in [0, 0.05) is 38.4 Å². The van der Waals surface area contributed by atoms with Gasteiger partial charge in [0.1, 0.15) is 11.5 Å². The lowest BCUT2D eigenvalue weighted by Gasteiger charge is -2.25. The quantitative estimate of drug-likeness (QED) is 0.0528. The highest BCUT2D eigenvalue weighted by Crippen LogP contribution is 2.49. The topological polar surface area (TPSA) is 18.5 Å². The minimum atomic E-state index is -0.0512. The van der Waals surface area contributed by atoms with E-state index in [4.69, 9.17) is 9.47 Å². The zero-order valence-electron chi connectivity index (χ0n) is 39.3. The molecular weight excluding hydrogens is 777 g/mol. The molecule has 0 radical (unpaired) electrons. The average Bonchev–Trinajstić information content (AvgIpc) is 3.28. The van der Waals surface area contributed by atoms with Crippen molar-refractivity contribution in [3.63, 3.8) is 0 Å². The first-order chi connectivity index (χ1) is 30.9. The molecule has 0 unspecified atom stereocenters. The predicted octanol–water partition coefficient (Wildman–Crippen LogP) is 16.8. The van der Waals surface area contributed by atoms with E-state index in [0.717, 1.165) is 59.8 Å². The predicted molar refractivity (Wildman–Crippen MR) is 275 cm³/mol. The van der Waals surface area contributed by atoms with Crippen molar-refractivity contribution in [2.45, 2.75) is 118 Å². The van der Waals surface area contributed by atoms with Crippen molar-refractivity contribution >= 4 is 64.6 Å². The number of hydrogen-bond acceptors (Lipinski definition) is 2. The Morgan fingerprint density at radius 1 is 0.375 bits per heavy atom. The van der Waals surface area contributed by atoms with E-state index in [1.165, 1.54) is 114 Å². The van der Waals surface area contributed by atoms with Crippen molar-refractivity contribution in [3.05, 3.63) is 143 Å². The molecule has 64 heavy (non-hydrogen) atoms. The van der Waals surface area contributed by atoms with Crippen LogP contribution in [0.3, 0.4) is 0 Å². The van der Waals surface area contributed by atoms with Crippen molar-refractivity contribution < 1.29 is 9.47 Å². The van der Waals surface area contributed by atoms with Crippen molar-refractivity contribution in [2.24, 2.45) is 0 Å². The highest BCUT2D eigenvalue weighted by molar-refractivity contribution is 6.41. The van der Waals surface area contributed by atoms with Gasteiger partial charge in [0.25, 0.3) is 0 Å². The Hall–Kier alpha value is -6.22. The summed E-state index contributed by atoms with van der Waals surface area (Å²) in [4.78, 5) is 0. The van der Waals surface area contributed by atoms with Gasteiger partial charge in [-0.2, -0.15) is 0 Å². The molecule has 0 fully saturated rings. The fourth-order valence-electron chi connectivity index (χ4n) is 9.50. The molecule has 322 valence electrons. The Morgan fingerprint density at radius 3 is 1.19 bits per heavy atom. The third-order valence-corrected chi connectivity index (χ3v) is 13.1. The molecule has 0 aliphatic rings. The van der Waals surface area contributed by atoms with Gasteiger partial charge >= 0.3 is 0 Å². The second-order valence-electron chi connectivity index (χ2n) is 20.0. The zero-order valence-corrected chi connectivity index (χ0v) is 39.3. The zero-order chi connectivity index (χ0) is 44.6. The fourth-order valence-corrected chi connectivity index (χ4v) is 9.50. The number of hydrogen-bond donors (Lipinski definition) is 0. The Bertz CT molecular complexity index is 3040. The summed E-state index contributed by atoms with van der Waals surface area (Å²) in [5.41, 5.74) is 6.61. The van der Waals surface area contributed by atoms with Gasteiger partial charge in [-0.05, 0) is 144 Å². The summed E-state index contributed by atoms with van der Waals surface area (Å²) in [5.74, 6) is 16.5. The van der Waals surface area contributed by atoms with E-state index >= 15 is 0 Å². The van der Waals surface area contributed by atoms with Crippen LogP contribution in [0.1, 0.15) is 140 Å². The van der Waals surface area contributed by atoms with E-state index in [1.54, 1.807) is 0 Å². The molecule has 0 aliphatic carbocycles. The van der Waals surface area contributed by atoms with Gasteiger partial charge < -0.3 is 9.47 Å². The molecular formula is C62H62O2.